The van der Waals surface area contributed by atoms with Gasteiger partial charge in [0.2, 0.25) is 5.91 Å². The fourth-order valence-corrected chi connectivity index (χ4v) is 4.75. The number of rotatable bonds is 7. The number of ether oxygens (including phenoxy) is 2. The number of carbonyl (C=O) groups is 1. The number of aliphatic hydroxyl groups is 1. The zero-order valence-electron chi connectivity index (χ0n) is 18.7. The number of amides is 1. The van der Waals surface area contributed by atoms with E-state index in [9.17, 15) is 9.90 Å². The van der Waals surface area contributed by atoms with Gasteiger partial charge in [0.25, 0.3) is 0 Å². The van der Waals surface area contributed by atoms with Gasteiger partial charge in [-0.2, -0.15) is 0 Å². The first-order valence-corrected chi connectivity index (χ1v) is 11.7. The van der Waals surface area contributed by atoms with Gasteiger partial charge >= 0.3 is 0 Å². The molecule has 2 saturated heterocycles. The van der Waals surface area contributed by atoms with Crippen molar-refractivity contribution in [3.8, 4) is 16.9 Å². The molecule has 0 bridgehead atoms. The largest absolute Gasteiger partial charge is 0.490 e. The summed E-state index contributed by atoms with van der Waals surface area (Å²) in [7, 11) is 0. The lowest BCUT2D eigenvalue weighted by Crippen LogP contribution is -2.42. The number of carbonyl (C=O) groups excluding carboxylic acids is 1. The Balaban J connectivity index is 1.32. The molecule has 0 aromatic heterocycles. The second-order valence-electron chi connectivity index (χ2n) is 8.86. The molecule has 0 spiro atoms. The standard InChI is InChI=1S/C27H30N2O4/c30-22(17-29-11-13-32-14-12-29)18-33-26-10-9-23(24-3-1-2-4-25(24)26)20-7-5-19(6-8-20)21-15-27(31)28-16-21/h1-10,21-22,30H,11-18H2,(H,28,31). The minimum Gasteiger partial charge on any atom is -0.490 e. The second kappa shape index (κ2) is 9.91. The Morgan fingerprint density at radius 1 is 1.03 bits per heavy atom. The third-order valence-electron chi connectivity index (χ3n) is 6.56. The number of fused-ring (bicyclic) bond motifs is 1. The number of nitrogens with one attached hydrogen (secondary N) is 1. The Morgan fingerprint density at radius 2 is 1.79 bits per heavy atom. The number of morpholine rings is 1. The van der Waals surface area contributed by atoms with Crippen molar-refractivity contribution in [2.45, 2.75) is 18.4 Å². The molecule has 0 aliphatic carbocycles. The number of hydrogen-bond acceptors (Lipinski definition) is 5. The second-order valence-corrected chi connectivity index (χ2v) is 8.86. The molecule has 3 aromatic carbocycles. The molecule has 2 heterocycles. The molecule has 6 heteroatoms. The van der Waals surface area contributed by atoms with Gasteiger partial charge in [-0.15, -0.1) is 0 Å². The van der Waals surface area contributed by atoms with Crippen molar-refractivity contribution in [1.82, 2.24) is 10.2 Å². The minimum absolute atomic E-state index is 0.126. The van der Waals surface area contributed by atoms with Crippen LogP contribution in [0.4, 0.5) is 0 Å². The molecule has 0 radical (unpaired) electrons. The van der Waals surface area contributed by atoms with E-state index in [1.807, 2.05) is 18.2 Å². The van der Waals surface area contributed by atoms with E-state index in [1.165, 1.54) is 5.56 Å². The summed E-state index contributed by atoms with van der Waals surface area (Å²) < 4.78 is 11.4. The molecule has 172 valence electrons. The SMILES string of the molecule is O=C1CC(c2ccc(-c3ccc(OCC(O)CN4CCOCC4)c4ccccc34)cc2)CN1. The average Bonchev–Trinajstić information content (AvgIpc) is 3.29. The summed E-state index contributed by atoms with van der Waals surface area (Å²) in [5.41, 5.74) is 3.46. The topological polar surface area (TPSA) is 71.0 Å². The van der Waals surface area contributed by atoms with Crippen LogP contribution in [0.25, 0.3) is 21.9 Å². The van der Waals surface area contributed by atoms with Crippen LogP contribution < -0.4 is 10.1 Å². The van der Waals surface area contributed by atoms with E-state index in [4.69, 9.17) is 9.47 Å². The van der Waals surface area contributed by atoms with E-state index in [0.29, 0.717) is 19.5 Å². The lowest BCUT2D eigenvalue weighted by Gasteiger charge is -2.28. The number of nitrogens with zero attached hydrogens (tertiary/aromatic N) is 1. The lowest BCUT2D eigenvalue weighted by atomic mass is 9.93. The first kappa shape index (κ1) is 21.9. The van der Waals surface area contributed by atoms with Crippen molar-refractivity contribution in [3.63, 3.8) is 0 Å². The average molecular weight is 447 g/mol. The van der Waals surface area contributed by atoms with E-state index in [1.54, 1.807) is 0 Å². The predicted octanol–water partition coefficient (Wildman–Crippen LogP) is 3.18. The minimum atomic E-state index is -0.550. The van der Waals surface area contributed by atoms with E-state index in [2.05, 4.69) is 52.7 Å². The summed E-state index contributed by atoms with van der Waals surface area (Å²) in [5, 5.41) is 15.5. The van der Waals surface area contributed by atoms with Crippen LogP contribution >= 0.6 is 0 Å². The van der Waals surface area contributed by atoms with Crippen LogP contribution in [0.3, 0.4) is 0 Å². The third kappa shape index (κ3) is 5.03. The summed E-state index contributed by atoms with van der Waals surface area (Å²) in [6.07, 6.45) is 0.0113. The Hall–Kier alpha value is -2.93. The Kier molecular flexibility index (Phi) is 6.58. The summed E-state index contributed by atoms with van der Waals surface area (Å²) in [4.78, 5) is 13.8. The Labute approximate surface area is 194 Å². The summed E-state index contributed by atoms with van der Waals surface area (Å²) in [5.74, 6) is 1.16. The number of β-amino-alcohol motifs (C(OH)–C–C–N with tert-alkyl or cyclic N) is 1. The highest BCUT2D eigenvalue weighted by atomic mass is 16.5. The van der Waals surface area contributed by atoms with Gasteiger partial charge in [0.15, 0.2) is 0 Å². The maximum Gasteiger partial charge on any atom is 0.220 e. The predicted molar refractivity (Wildman–Crippen MR) is 129 cm³/mol. The first-order chi connectivity index (χ1) is 16.2. The van der Waals surface area contributed by atoms with Crippen LogP contribution in [0.1, 0.15) is 17.9 Å². The molecule has 2 aliphatic heterocycles. The molecular weight excluding hydrogens is 416 g/mol. The zero-order valence-corrected chi connectivity index (χ0v) is 18.7. The molecule has 2 atom stereocenters. The highest BCUT2D eigenvalue weighted by Crippen LogP contribution is 2.35. The molecule has 33 heavy (non-hydrogen) atoms. The molecule has 2 N–H and O–H groups in total. The van der Waals surface area contributed by atoms with Crippen LogP contribution in [0.5, 0.6) is 5.75 Å². The first-order valence-electron chi connectivity index (χ1n) is 11.7. The molecule has 0 saturated carbocycles. The lowest BCUT2D eigenvalue weighted by molar-refractivity contribution is -0.119. The third-order valence-corrected chi connectivity index (χ3v) is 6.56. The summed E-state index contributed by atoms with van der Waals surface area (Å²) in [6.45, 7) is 4.69. The smallest absolute Gasteiger partial charge is 0.220 e. The van der Waals surface area contributed by atoms with Gasteiger partial charge in [-0.25, -0.2) is 0 Å². The van der Waals surface area contributed by atoms with Crippen LogP contribution in [0, 0.1) is 0 Å². The number of aliphatic hydroxyl groups excluding tert-OH is 1. The fraction of sp³-hybridized carbons (Fsp3) is 0.370. The molecular formula is C27H30N2O4. The quantitative estimate of drug-likeness (QED) is 0.583. The van der Waals surface area contributed by atoms with Crippen LogP contribution in [0.15, 0.2) is 60.7 Å². The van der Waals surface area contributed by atoms with E-state index >= 15 is 0 Å². The van der Waals surface area contributed by atoms with E-state index in [0.717, 1.165) is 54.0 Å². The number of hydrogen-bond donors (Lipinski definition) is 2. The van der Waals surface area contributed by atoms with Gasteiger partial charge in [-0.05, 0) is 28.1 Å². The molecule has 1 amide bonds. The summed E-state index contributed by atoms with van der Waals surface area (Å²) >= 11 is 0. The van der Waals surface area contributed by atoms with Gasteiger partial charge in [-0.1, -0.05) is 54.6 Å². The van der Waals surface area contributed by atoms with Crippen molar-refractivity contribution < 1.29 is 19.4 Å². The van der Waals surface area contributed by atoms with Crippen LogP contribution in [-0.4, -0.2) is 68.0 Å². The van der Waals surface area contributed by atoms with Crippen molar-refractivity contribution >= 4 is 16.7 Å². The van der Waals surface area contributed by atoms with Crippen molar-refractivity contribution in [1.29, 1.82) is 0 Å². The van der Waals surface area contributed by atoms with Gasteiger partial charge in [0.1, 0.15) is 18.5 Å². The summed E-state index contributed by atoms with van der Waals surface area (Å²) in [6, 6.07) is 20.8. The van der Waals surface area contributed by atoms with E-state index in [-0.39, 0.29) is 18.4 Å². The Morgan fingerprint density at radius 3 is 2.52 bits per heavy atom. The van der Waals surface area contributed by atoms with Crippen LogP contribution in [-0.2, 0) is 9.53 Å². The van der Waals surface area contributed by atoms with Crippen LogP contribution in [0.2, 0.25) is 0 Å². The normalized spacial score (nSPS) is 20.0. The van der Waals surface area contributed by atoms with Gasteiger partial charge in [0.05, 0.1) is 13.2 Å². The van der Waals surface area contributed by atoms with Crippen molar-refractivity contribution in [3.05, 3.63) is 66.2 Å². The molecule has 2 aliphatic rings. The molecule has 5 rings (SSSR count). The number of benzene rings is 3. The molecule has 3 aromatic rings. The highest BCUT2D eigenvalue weighted by Gasteiger charge is 2.23. The van der Waals surface area contributed by atoms with Gasteiger partial charge in [0, 0.05) is 43.9 Å². The van der Waals surface area contributed by atoms with Crippen molar-refractivity contribution in [2.24, 2.45) is 0 Å². The fourth-order valence-electron chi connectivity index (χ4n) is 4.75. The van der Waals surface area contributed by atoms with E-state index < -0.39 is 6.10 Å². The zero-order chi connectivity index (χ0) is 22.6. The molecule has 6 nitrogen and oxygen atoms in total. The monoisotopic (exact) mass is 446 g/mol. The van der Waals surface area contributed by atoms with Crippen molar-refractivity contribution in [2.75, 3.05) is 46.0 Å². The Bertz CT molecular complexity index is 1110. The van der Waals surface area contributed by atoms with Gasteiger partial charge in [-0.3, -0.25) is 9.69 Å². The maximum absolute atomic E-state index is 11.5. The van der Waals surface area contributed by atoms with Gasteiger partial charge < -0.3 is 19.9 Å². The highest BCUT2D eigenvalue weighted by molar-refractivity contribution is 6.00. The maximum atomic E-state index is 11.5. The molecule has 2 fully saturated rings. The molecule has 2 unspecified atom stereocenters.